The molecule has 140 valence electrons. The summed E-state index contributed by atoms with van der Waals surface area (Å²) in [7, 11) is 1.60. The van der Waals surface area contributed by atoms with Crippen LogP contribution in [0.2, 0.25) is 0 Å². The first-order chi connectivity index (χ1) is 12.9. The SMILES string of the molecule is Cn1c(=O)c2ccc(Br)cc2n1Cc1cc(CN=C=O)ccc1OC(F)F. The van der Waals surface area contributed by atoms with Crippen LogP contribution in [0.5, 0.6) is 5.75 Å². The first kappa shape index (κ1) is 19.0. The van der Waals surface area contributed by atoms with Gasteiger partial charge in [-0.2, -0.15) is 8.78 Å². The van der Waals surface area contributed by atoms with Crippen molar-refractivity contribution in [2.24, 2.45) is 12.0 Å². The number of carbonyl (C=O) groups excluding carboxylic acids is 1. The van der Waals surface area contributed by atoms with Gasteiger partial charge in [0.15, 0.2) is 0 Å². The molecule has 0 N–H and O–H groups in total. The largest absolute Gasteiger partial charge is 0.434 e. The molecule has 27 heavy (non-hydrogen) atoms. The maximum absolute atomic E-state index is 12.8. The first-order valence-electron chi connectivity index (χ1n) is 7.86. The van der Waals surface area contributed by atoms with Crippen molar-refractivity contribution in [2.75, 3.05) is 0 Å². The monoisotopic (exact) mass is 437 g/mol. The Bertz CT molecular complexity index is 1100. The maximum atomic E-state index is 12.8. The van der Waals surface area contributed by atoms with Crippen LogP contribution in [0, 0.1) is 0 Å². The van der Waals surface area contributed by atoms with Gasteiger partial charge in [0.1, 0.15) is 5.75 Å². The lowest BCUT2D eigenvalue weighted by molar-refractivity contribution is -0.0505. The minimum Gasteiger partial charge on any atom is -0.434 e. The van der Waals surface area contributed by atoms with Crippen LogP contribution < -0.4 is 10.3 Å². The first-order valence-corrected chi connectivity index (χ1v) is 8.65. The fourth-order valence-corrected chi connectivity index (χ4v) is 3.24. The Balaban J connectivity index is 2.12. The number of isocyanates is 1. The lowest BCUT2D eigenvalue weighted by Crippen LogP contribution is -2.20. The van der Waals surface area contributed by atoms with E-state index in [2.05, 4.69) is 25.7 Å². The van der Waals surface area contributed by atoms with E-state index < -0.39 is 6.61 Å². The molecule has 0 amide bonds. The molecular weight excluding hydrogens is 424 g/mol. The minimum absolute atomic E-state index is 0.00636. The number of ether oxygens (including phenoxy) is 1. The third-order valence-electron chi connectivity index (χ3n) is 4.11. The molecule has 0 aliphatic heterocycles. The second-order valence-electron chi connectivity index (χ2n) is 5.78. The van der Waals surface area contributed by atoms with Crippen molar-refractivity contribution >= 4 is 32.9 Å². The smallest absolute Gasteiger partial charge is 0.387 e. The molecule has 3 rings (SSSR count). The fourth-order valence-electron chi connectivity index (χ4n) is 2.89. The summed E-state index contributed by atoms with van der Waals surface area (Å²) in [6.45, 7) is -2.80. The second-order valence-corrected chi connectivity index (χ2v) is 6.69. The Morgan fingerprint density at radius 1 is 1.26 bits per heavy atom. The average molecular weight is 438 g/mol. The topological polar surface area (TPSA) is 65.6 Å². The van der Waals surface area contributed by atoms with Crippen molar-refractivity contribution in [1.29, 1.82) is 0 Å². The molecule has 0 bridgehead atoms. The molecular formula is C18H14BrF2N3O3. The minimum atomic E-state index is -2.98. The zero-order valence-corrected chi connectivity index (χ0v) is 15.7. The number of fused-ring (bicyclic) bond motifs is 1. The summed E-state index contributed by atoms with van der Waals surface area (Å²) < 4.78 is 34.0. The van der Waals surface area contributed by atoms with Crippen LogP contribution in [0.1, 0.15) is 11.1 Å². The van der Waals surface area contributed by atoms with E-state index in [1.165, 1.54) is 16.8 Å². The Morgan fingerprint density at radius 3 is 2.74 bits per heavy atom. The number of benzene rings is 2. The van der Waals surface area contributed by atoms with E-state index in [9.17, 15) is 18.4 Å². The lowest BCUT2D eigenvalue weighted by atomic mass is 10.1. The molecule has 0 saturated heterocycles. The summed E-state index contributed by atoms with van der Waals surface area (Å²) in [5, 5.41) is 0.513. The van der Waals surface area contributed by atoms with Crippen LogP contribution in [-0.4, -0.2) is 22.1 Å². The Kier molecular flexibility index (Phi) is 5.53. The van der Waals surface area contributed by atoms with E-state index in [1.54, 1.807) is 42.1 Å². The van der Waals surface area contributed by atoms with Crippen LogP contribution in [0.4, 0.5) is 8.78 Å². The van der Waals surface area contributed by atoms with Gasteiger partial charge >= 0.3 is 6.61 Å². The number of hydrogen-bond acceptors (Lipinski definition) is 4. The van der Waals surface area contributed by atoms with E-state index in [-0.39, 0.29) is 24.4 Å². The van der Waals surface area contributed by atoms with Crippen molar-refractivity contribution in [2.45, 2.75) is 19.7 Å². The molecule has 0 spiro atoms. The van der Waals surface area contributed by atoms with Crippen LogP contribution in [0.15, 0.2) is 50.7 Å². The van der Waals surface area contributed by atoms with Crippen molar-refractivity contribution in [3.05, 3.63) is 62.4 Å². The Morgan fingerprint density at radius 2 is 2.04 bits per heavy atom. The van der Waals surface area contributed by atoms with Crippen LogP contribution in [0.3, 0.4) is 0 Å². The molecule has 2 aromatic carbocycles. The third kappa shape index (κ3) is 3.99. The predicted octanol–water partition coefficient (Wildman–Crippen LogP) is 3.59. The van der Waals surface area contributed by atoms with Crippen molar-refractivity contribution < 1.29 is 18.3 Å². The van der Waals surface area contributed by atoms with E-state index in [0.29, 0.717) is 22.0 Å². The Hall–Kier alpha value is -2.77. The number of rotatable bonds is 6. The molecule has 0 unspecified atom stereocenters. The molecule has 1 aromatic heterocycles. The van der Waals surface area contributed by atoms with Crippen LogP contribution in [0.25, 0.3) is 10.9 Å². The standard InChI is InChI=1S/C18H14BrF2N3O3/c1-23-17(26)14-4-3-13(19)7-15(14)24(23)9-12-6-11(8-22-10-25)2-5-16(12)27-18(20)21/h2-7,18H,8-9H2,1H3. The van der Waals surface area contributed by atoms with Gasteiger partial charge in [-0.1, -0.05) is 22.0 Å². The highest BCUT2D eigenvalue weighted by atomic mass is 79.9. The average Bonchev–Trinajstić information content (AvgIpc) is 2.85. The van der Waals surface area contributed by atoms with E-state index in [0.717, 1.165) is 4.47 Å². The molecule has 9 heteroatoms. The van der Waals surface area contributed by atoms with Gasteiger partial charge in [0.25, 0.3) is 5.56 Å². The molecule has 1 heterocycles. The molecule has 0 aliphatic carbocycles. The summed E-state index contributed by atoms with van der Waals surface area (Å²) in [4.78, 5) is 26.3. The fraction of sp³-hybridized carbons (Fsp3) is 0.222. The van der Waals surface area contributed by atoms with Crippen molar-refractivity contribution in [3.8, 4) is 5.75 Å². The summed E-state index contributed by atoms with van der Waals surface area (Å²) in [6.07, 6.45) is 1.44. The summed E-state index contributed by atoms with van der Waals surface area (Å²) in [5.41, 5.74) is 1.52. The second kappa shape index (κ2) is 7.85. The highest BCUT2D eigenvalue weighted by molar-refractivity contribution is 9.10. The van der Waals surface area contributed by atoms with Gasteiger partial charge in [0.2, 0.25) is 6.08 Å². The zero-order chi connectivity index (χ0) is 19.6. The van der Waals surface area contributed by atoms with Crippen LogP contribution in [-0.2, 0) is 24.9 Å². The van der Waals surface area contributed by atoms with Gasteiger partial charge in [-0.25, -0.2) is 9.79 Å². The lowest BCUT2D eigenvalue weighted by Gasteiger charge is -2.15. The number of hydrogen-bond donors (Lipinski definition) is 0. The summed E-state index contributed by atoms with van der Waals surface area (Å²) in [5.74, 6) is -0.00636. The number of aliphatic imine (C=N–C) groups is 1. The van der Waals surface area contributed by atoms with Crippen molar-refractivity contribution in [1.82, 2.24) is 9.36 Å². The molecule has 3 aromatic rings. The van der Waals surface area contributed by atoms with E-state index >= 15 is 0 Å². The predicted molar refractivity (Wildman–Crippen MR) is 98.9 cm³/mol. The van der Waals surface area contributed by atoms with Gasteiger partial charge in [0.05, 0.1) is 24.0 Å². The van der Waals surface area contributed by atoms with Crippen LogP contribution >= 0.6 is 15.9 Å². The Labute approximate surface area is 160 Å². The zero-order valence-electron chi connectivity index (χ0n) is 14.2. The molecule has 6 nitrogen and oxygen atoms in total. The van der Waals surface area contributed by atoms with Gasteiger partial charge < -0.3 is 4.74 Å². The highest BCUT2D eigenvalue weighted by Gasteiger charge is 2.16. The molecule has 0 fully saturated rings. The van der Waals surface area contributed by atoms with Gasteiger partial charge in [-0.05, 0) is 35.9 Å². The molecule has 0 atom stereocenters. The normalized spacial score (nSPS) is 11.0. The molecule has 0 radical (unpaired) electrons. The van der Waals surface area contributed by atoms with E-state index in [1.807, 2.05) is 0 Å². The number of nitrogens with zero attached hydrogens (tertiary/aromatic N) is 3. The number of alkyl halides is 2. The van der Waals surface area contributed by atoms with Crippen molar-refractivity contribution in [3.63, 3.8) is 0 Å². The number of halogens is 3. The molecule has 0 saturated carbocycles. The quantitative estimate of drug-likeness (QED) is 0.437. The summed E-state index contributed by atoms with van der Waals surface area (Å²) >= 11 is 3.38. The highest BCUT2D eigenvalue weighted by Crippen LogP contribution is 2.26. The van der Waals surface area contributed by atoms with Gasteiger partial charge in [-0.3, -0.25) is 14.2 Å². The van der Waals surface area contributed by atoms with Gasteiger partial charge in [0, 0.05) is 17.1 Å². The molecule has 0 aliphatic rings. The maximum Gasteiger partial charge on any atom is 0.387 e. The van der Waals surface area contributed by atoms with E-state index in [4.69, 9.17) is 0 Å². The summed E-state index contributed by atoms with van der Waals surface area (Å²) in [6, 6.07) is 9.81. The number of aromatic nitrogens is 2. The third-order valence-corrected chi connectivity index (χ3v) is 4.60. The van der Waals surface area contributed by atoms with Gasteiger partial charge in [-0.15, -0.1) is 0 Å².